The first-order valence-corrected chi connectivity index (χ1v) is 8.51. The van der Waals surface area contributed by atoms with Crippen LogP contribution in [0.2, 0.25) is 0 Å². The number of para-hydroxylation sites is 2. The average Bonchev–Trinajstić information content (AvgIpc) is 2.78. The maximum Gasteiger partial charge on any atom is 0.143 e. The van der Waals surface area contributed by atoms with Crippen molar-refractivity contribution in [3.05, 3.63) is 53.4 Å². The van der Waals surface area contributed by atoms with E-state index >= 15 is 0 Å². The molecule has 0 aliphatic carbocycles. The number of aromatic hydroxyl groups is 1. The van der Waals surface area contributed by atoms with Gasteiger partial charge >= 0.3 is 0 Å². The van der Waals surface area contributed by atoms with E-state index < -0.39 is 0 Å². The molecule has 116 valence electrons. The monoisotopic (exact) mass is 322 g/mol. The van der Waals surface area contributed by atoms with Gasteiger partial charge in [-0.05, 0) is 38.1 Å². The predicted octanol–water partition coefficient (Wildman–Crippen LogP) is 5.32. The highest BCUT2D eigenvalue weighted by molar-refractivity contribution is 7.21. The van der Waals surface area contributed by atoms with Crippen LogP contribution in [0.1, 0.15) is 25.1 Å². The van der Waals surface area contributed by atoms with Crippen LogP contribution in [0, 0.1) is 0 Å². The smallest absolute Gasteiger partial charge is 0.143 e. The summed E-state index contributed by atoms with van der Waals surface area (Å²) in [6, 6.07) is 16.0. The second-order valence-electron chi connectivity index (χ2n) is 6.54. The molecule has 1 aliphatic rings. The topological polar surface area (TPSA) is 44.6 Å². The van der Waals surface area contributed by atoms with Gasteiger partial charge in [-0.15, -0.1) is 11.3 Å². The summed E-state index contributed by atoms with van der Waals surface area (Å²) < 4.78 is 1.09. The van der Waals surface area contributed by atoms with Crippen LogP contribution in [-0.4, -0.2) is 16.4 Å². The molecule has 0 saturated heterocycles. The maximum atomic E-state index is 10.7. The van der Waals surface area contributed by atoms with Gasteiger partial charge in [-0.3, -0.25) is 0 Å². The van der Waals surface area contributed by atoms with E-state index in [-0.39, 0.29) is 5.54 Å². The van der Waals surface area contributed by atoms with Crippen molar-refractivity contribution in [1.29, 1.82) is 0 Å². The van der Waals surface area contributed by atoms with Crippen molar-refractivity contribution in [2.24, 2.45) is 4.99 Å². The van der Waals surface area contributed by atoms with Crippen molar-refractivity contribution in [3.8, 4) is 5.75 Å². The Morgan fingerprint density at radius 3 is 2.65 bits per heavy atom. The third-order valence-corrected chi connectivity index (χ3v) is 5.28. The summed E-state index contributed by atoms with van der Waals surface area (Å²) in [5, 5.41) is 15.1. The summed E-state index contributed by atoms with van der Waals surface area (Å²) in [6.45, 7) is 4.32. The number of rotatable bonds is 1. The summed E-state index contributed by atoms with van der Waals surface area (Å²) in [6.07, 6.45) is 0.752. The van der Waals surface area contributed by atoms with Crippen molar-refractivity contribution in [2.45, 2.75) is 25.8 Å². The van der Waals surface area contributed by atoms with Gasteiger partial charge < -0.3 is 10.4 Å². The van der Waals surface area contributed by atoms with Gasteiger partial charge in [0.1, 0.15) is 5.75 Å². The molecule has 2 heterocycles. The van der Waals surface area contributed by atoms with Crippen LogP contribution < -0.4 is 5.32 Å². The fourth-order valence-corrected chi connectivity index (χ4v) is 4.13. The Labute approximate surface area is 139 Å². The molecule has 0 radical (unpaired) electrons. The fourth-order valence-electron chi connectivity index (χ4n) is 3.05. The minimum absolute atomic E-state index is 0.131. The van der Waals surface area contributed by atoms with Crippen molar-refractivity contribution in [2.75, 3.05) is 5.32 Å². The third kappa shape index (κ3) is 2.49. The quantitative estimate of drug-likeness (QED) is 0.636. The predicted molar refractivity (Wildman–Crippen MR) is 98.4 cm³/mol. The van der Waals surface area contributed by atoms with E-state index in [1.807, 2.05) is 48.5 Å². The SMILES string of the molecule is CC1(C)CC(c2sc3ccccc3c2O)=Nc2ccccc2N1. The van der Waals surface area contributed by atoms with Gasteiger partial charge in [0.15, 0.2) is 0 Å². The Morgan fingerprint density at radius 1 is 1.09 bits per heavy atom. The summed E-state index contributed by atoms with van der Waals surface area (Å²) in [7, 11) is 0. The van der Waals surface area contributed by atoms with Gasteiger partial charge in [0, 0.05) is 22.0 Å². The summed E-state index contributed by atoms with van der Waals surface area (Å²) in [5.41, 5.74) is 2.76. The van der Waals surface area contributed by atoms with Gasteiger partial charge in [-0.1, -0.05) is 24.3 Å². The van der Waals surface area contributed by atoms with Gasteiger partial charge in [-0.2, -0.15) is 0 Å². The normalized spacial score (nSPS) is 16.3. The molecule has 0 spiro atoms. The largest absolute Gasteiger partial charge is 0.506 e. The molecule has 1 aromatic heterocycles. The molecule has 0 fully saturated rings. The second kappa shape index (κ2) is 5.10. The lowest BCUT2D eigenvalue weighted by Crippen LogP contribution is -2.32. The summed E-state index contributed by atoms with van der Waals surface area (Å²) >= 11 is 1.61. The van der Waals surface area contributed by atoms with E-state index in [2.05, 4.69) is 19.2 Å². The Hall–Kier alpha value is -2.33. The molecule has 3 aromatic rings. The Balaban J connectivity index is 1.92. The minimum Gasteiger partial charge on any atom is -0.506 e. The molecule has 4 heteroatoms. The van der Waals surface area contributed by atoms with Crippen LogP contribution in [-0.2, 0) is 0 Å². The molecule has 2 N–H and O–H groups in total. The van der Waals surface area contributed by atoms with Crippen molar-refractivity contribution in [3.63, 3.8) is 0 Å². The van der Waals surface area contributed by atoms with Gasteiger partial charge in [0.2, 0.25) is 0 Å². The van der Waals surface area contributed by atoms with E-state index in [4.69, 9.17) is 4.99 Å². The molecule has 0 atom stereocenters. The highest BCUT2D eigenvalue weighted by Gasteiger charge is 2.28. The number of thiophene rings is 1. The third-order valence-electron chi connectivity index (χ3n) is 4.07. The molecule has 4 rings (SSSR count). The van der Waals surface area contributed by atoms with E-state index in [1.165, 1.54) is 0 Å². The van der Waals surface area contributed by atoms with Crippen molar-refractivity contribution >= 4 is 38.5 Å². The standard InChI is InChI=1S/C19H18N2OS/c1-19(2)11-15(20-13-8-4-5-9-14(13)21-19)18-17(22)12-7-3-6-10-16(12)23-18/h3-10,21-22H,11H2,1-2H3. The van der Waals surface area contributed by atoms with Crippen LogP contribution in [0.25, 0.3) is 10.1 Å². The van der Waals surface area contributed by atoms with Gasteiger partial charge in [0.05, 0.1) is 22.0 Å². The number of aliphatic imine (C=N–C) groups is 1. The zero-order valence-corrected chi connectivity index (χ0v) is 13.9. The number of fused-ring (bicyclic) bond motifs is 2. The highest BCUT2D eigenvalue weighted by Crippen LogP contribution is 2.41. The van der Waals surface area contributed by atoms with Crippen LogP contribution in [0.15, 0.2) is 53.5 Å². The number of nitrogens with zero attached hydrogens (tertiary/aromatic N) is 1. The summed E-state index contributed by atoms with van der Waals surface area (Å²) in [4.78, 5) is 5.74. The lowest BCUT2D eigenvalue weighted by Gasteiger charge is -2.26. The zero-order valence-electron chi connectivity index (χ0n) is 13.1. The Bertz CT molecular complexity index is 924. The first kappa shape index (κ1) is 14.3. The van der Waals surface area contributed by atoms with Gasteiger partial charge in [0.25, 0.3) is 0 Å². The molecule has 3 nitrogen and oxygen atoms in total. The molecule has 0 bridgehead atoms. The number of nitrogens with one attached hydrogen (secondary N) is 1. The average molecular weight is 322 g/mol. The molecular weight excluding hydrogens is 304 g/mol. The highest BCUT2D eigenvalue weighted by atomic mass is 32.1. The van der Waals surface area contributed by atoms with Crippen molar-refractivity contribution < 1.29 is 5.11 Å². The Morgan fingerprint density at radius 2 is 1.83 bits per heavy atom. The van der Waals surface area contributed by atoms with E-state index in [0.717, 1.165) is 38.5 Å². The van der Waals surface area contributed by atoms with Crippen molar-refractivity contribution in [1.82, 2.24) is 0 Å². The lowest BCUT2D eigenvalue weighted by atomic mass is 9.96. The number of hydrogen-bond acceptors (Lipinski definition) is 4. The van der Waals surface area contributed by atoms with E-state index in [1.54, 1.807) is 11.3 Å². The summed E-state index contributed by atoms with van der Waals surface area (Å²) in [5.74, 6) is 0.347. The second-order valence-corrected chi connectivity index (χ2v) is 7.59. The molecule has 2 aromatic carbocycles. The number of anilines is 1. The number of hydrogen-bond donors (Lipinski definition) is 2. The lowest BCUT2D eigenvalue weighted by molar-refractivity contribution is 0.482. The minimum atomic E-state index is -0.131. The molecule has 0 saturated carbocycles. The van der Waals surface area contributed by atoms with Crippen LogP contribution in [0.4, 0.5) is 11.4 Å². The van der Waals surface area contributed by atoms with Crippen LogP contribution >= 0.6 is 11.3 Å². The Kier molecular flexibility index (Phi) is 3.16. The molecule has 0 amide bonds. The molecular formula is C19H18N2OS. The first-order chi connectivity index (χ1) is 11.0. The fraction of sp³-hybridized carbons (Fsp3) is 0.211. The molecule has 23 heavy (non-hydrogen) atoms. The maximum absolute atomic E-state index is 10.7. The molecule has 1 aliphatic heterocycles. The first-order valence-electron chi connectivity index (χ1n) is 7.69. The van der Waals surface area contributed by atoms with E-state index in [9.17, 15) is 5.11 Å². The zero-order chi connectivity index (χ0) is 16.0. The number of benzene rings is 2. The molecule has 0 unspecified atom stereocenters. The van der Waals surface area contributed by atoms with E-state index in [0.29, 0.717) is 5.75 Å². The van der Waals surface area contributed by atoms with Crippen LogP contribution in [0.3, 0.4) is 0 Å². The van der Waals surface area contributed by atoms with Gasteiger partial charge in [-0.25, -0.2) is 4.99 Å². The van der Waals surface area contributed by atoms with Crippen LogP contribution in [0.5, 0.6) is 5.75 Å².